The van der Waals surface area contributed by atoms with Gasteiger partial charge in [-0.15, -0.1) is 0 Å². The highest BCUT2D eigenvalue weighted by molar-refractivity contribution is 5.79. The van der Waals surface area contributed by atoms with Crippen LogP contribution >= 0.6 is 0 Å². The Bertz CT molecular complexity index is 930. The third kappa shape index (κ3) is 4.91. The van der Waals surface area contributed by atoms with E-state index in [2.05, 4.69) is 29.2 Å². The molecule has 3 aromatic rings. The molecule has 0 N–H and O–H groups in total. The van der Waals surface area contributed by atoms with Crippen molar-refractivity contribution in [2.75, 3.05) is 13.1 Å². The smallest absolute Gasteiger partial charge is 0.228 e. The molecule has 2 aromatic carbocycles. The molecule has 0 bridgehead atoms. The molecule has 29 heavy (non-hydrogen) atoms. The molecular weight excluding hydrogens is 362 g/mol. The van der Waals surface area contributed by atoms with E-state index < -0.39 is 0 Å². The van der Waals surface area contributed by atoms with Crippen molar-refractivity contribution in [2.45, 2.75) is 39.0 Å². The highest BCUT2D eigenvalue weighted by Gasteiger charge is 2.29. The molecule has 1 aromatic heterocycles. The van der Waals surface area contributed by atoms with Gasteiger partial charge in [-0.3, -0.25) is 4.79 Å². The molecule has 1 amide bonds. The quantitative estimate of drug-likeness (QED) is 0.571. The average Bonchev–Trinajstić information content (AvgIpc) is 3.17. The second-order valence-corrected chi connectivity index (χ2v) is 7.82. The zero-order valence-corrected chi connectivity index (χ0v) is 16.9. The first-order valence-electron chi connectivity index (χ1n) is 10.4. The highest BCUT2D eigenvalue weighted by Crippen LogP contribution is 2.28. The Labute approximate surface area is 171 Å². The van der Waals surface area contributed by atoms with E-state index in [0.717, 1.165) is 37.8 Å². The molecular formula is C24H27N3O2. The van der Waals surface area contributed by atoms with Crippen LogP contribution in [0, 0.1) is 12.8 Å². The Morgan fingerprint density at radius 3 is 2.45 bits per heavy atom. The number of carbonyl (C=O) groups excluding carboxylic acids is 1. The summed E-state index contributed by atoms with van der Waals surface area (Å²) in [4.78, 5) is 19.4. The maximum atomic E-state index is 12.9. The summed E-state index contributed by atoms with van der Waals surface area (Å²) in [7, 11) is 0. The number of rotatable bonds is 8. The molecule has 5 nitrogen and oxygen atoms in total. The Morgan fingerprint density at radius 2 is 1.76 bits per heavy atom. The molecule has 1 saturated carbocycles. The molecule has 0 unspecified atom stereocenters. The minimum atomic E-state index is 0.191. The summed E-state index contributed by atoms with van der Waals surface area (Å²) in [6.07, 6.45) is 4.62. The van der Waals surface area contributed by atoms with E-state index in [1.165, 1.54) is 11.1 Å². The van der Waals surface area contributed by atoms with Gasteiger partial charge in [0, 0.05) is 31.0 Å². The summed E-state index contributed by atoms with van der Waals surface area (Å²) in [5.74, 6) is 1.63. The summed E-state index contributed by atoms with van der Waals surface area (Å²) < 4.78 is 5.44. The van der Waals surface area contributed by atoms with Gasteiger partial charge in [0.25, 0.3) is 0 Å². The predicted molar refractivity (Wildman–Crippen MR) is 112 cm³/mol. The number of amides is 1. The average molecular weight is 389 g/mol. The normalized spacial score (nSPS) is 13.8. The van der Waals surface area contributed by atoms with Crippen molar-refractivity contribution < 1.29 is 9.32 Å². The Balaban J connectivity index is 1.39. The van der Waals surface area contributed by atoms with Crippen LogP contribution in [0.1, 0.15) is 36.3 Å². The van der Waals surface area contributed by atoms with Crippen molar-refractivity contribution in [3.8, 4) is 11.4 Å². The SMILES string of the molecule is Cc1ccc(-c2noc(CCN(CCc3ccccc3)C(=O)C3CCC3)n2)cc1. The van der Waals surface area contributed by atoms with Crippen LogP contribution in [-0.2, 0) is 17.6 Å². The fourth-order valence-electron chi connectivity index (χ4n) is 3.56. The van der Waals surface area contributed by atoms with E-state index in [0.29, 0.717) is 24.7 Å². The Hall–Kier alpha value is -2.95. The van der Waals surface area contributed by atoms with E-state index >= 15 is 0 Å². The number of hydrogen-bond acceptors (Lipinski definition) is 4. The molecule has 1 heterocycles. The Kier molecular flexibility index (Phi) is 6.03. The summed E-state index contributed by atoms with van der Waals surface area (Å²) in [5.41, 5.74) is 3.39. The number of aromatic nitrogens is 2. The molecule has 4 rings (SSSR count). The van der Waals surface area contributed by atoms with Gasteiger partial charge in [-0.25, -0.2) is 0 Å². The van der Waals surface area contributed by atoms with Gasteiger partial charge in [-0.1, -0.05) is 71.7 Å². The summed E-state index contributed by atoms with van der Waals surface area (Å²) in [6.45, 7) is 3.38. The molecule has 1 fully saturated rings. The van der Waals surface area contributed by atoms with Crippen LogP contribution in [0.4, 0.5) is 0 Å². The first-order chi connectivity index (χ1) is 14.2. The van der Waals surface area contributed by atoms with Crippen LogP contribution in [-0.4, -0.2) is 34.0 Å². The van der Waals surface area contributed by atoms with Gasteiger partial charge in [0.2, 0.25) is 17.6 Å². The molecule has 150 valence electrons. The molecule has 0 aliphatic heterocycles. The summed E-state index contributed by atoms with van der Waals surface area (Å²) in [5, 5.41) is 4.11. The van der Waals surface area contributed by atoms with Gasteiger partial charge in [0.15, 0.2) is 0 Å². The van der Waals surface area contributed by atoms with Crippen molar-refractivity contribution >= 4 is 5.91 Å². The lowest BCUT2D eigenvalue weighted by Gasteiger charge is -2.31. The lowest BCUT2D eigenvalue weighted by Crippen LogP contribution is -2.41. The second-order valence-electron chi connectivity index (χ2n) is 7.82. The van der Waals surface area contributed by atoms with Crippen molar-refractivity contribution in [1.82, 2.24) is 15.0 Å². The van der Waals surface area contributed by atoms with Gasteiger partial charge < -0.3 is 9.42 Å². The number of aryl methyl sites for hydroxylation is 1. The monoisotopic (exact) mass is 389 g/mol. The van der Waals surface area contributed by atoms with Crippen LogP contribution < -0.4 is 0 Å². The summed E-state index contributed by atoms with van der Waals surface area (Å²) in [6, 6.07) is 18.4. The Morgan fingerprint density at radius 1 is 1.03 bits per heavy atom. The summed E-state index contributed by atoms with van der Waals surface area (Å²) >= 11 is 0. The van der Waals surface area contributed by atoms with Crippen molar-refractivity contribution in [2.24, 2.45) is 5.92 Å². The molecule has 0 radical (unpaired) electrons. The van der Waals surface area contributed by atoms with Crippen LogP contribution in [0.25, 0.3) is 11.4 Å². The number of nitrogens with zero attached hydrogens (tertiary/aromatic N) is 3. The molecule has 1 aliphatic rings. The predicted octanol–water partition coefficient (Wildman–Crippen LogP) is 4.46. The minimum absolute atomic E-state index is 0.191. The number of carbonyl (C=O) groups is 1. The third-order valence-corrected chi connectivity index (χ3v) is 5.65. The van der Waals surface area contributed by atoms with E-state index in [9.17, 15) is 4.79 Å². The van der Waals surface area contributed by atoms with Gasteiger partial charge in [0.1, 0.15) is 0 Å². The van der Waals surface area contributed by atoms with E-state index in [-0.39, 0.29) is 11.8 Å². The van der Waals surface area contributed by atoms with Crippen LogP contribution in [0.15, 0.2) is 59.1 Å². The first-order valence-corrected chi connectivity index (χ1v) is 10.4. The highest BCUT2D eigenvalue weighted by atomic mass is 16.5. The lowest BCUT2D eigenvalue weighted by atomic mass is 9.84. The number of benzene rings is 2. The maximum absolute atomic E-state index is 12.9. The molecule has 0 atom stereocenters. The molecule has 5 heteroatoms. The zero-order valence-electron chi connectivity index (χ0n) is 16.9. The molecule has 0 spiro atoms. The van der Waals surface area contributed by atoms with Crippen LogP contribution in [0.5, 0.6) is 0 Å². The van der Waals surface area contributed by atoms with E-state index in [1.54, 1.807) is 0 Å². The minimum Gasteiger partial charge on any atom is -0.342 e. The van der Waals surface area contributed by atoms with Crippen LogP contribution in [0.3, 0.4) is 0 Å². The fraction of sp³-hybridized carbons (Fsp3) is 0.375. The topological polar surface area (TPSA) is 59.2 Å². The third-order valence-electron chi connectivity index (χ3n) is 5.65. The second kappa shape index (κ2) is 9.03. The zero-order chi connectivity index (χ0) is 20.1. The maximum Gasteiger partial charge on any atom is 0.228 e. The first kappa shape index (κ1) is 19.4. The van der Waals surface area contributed by atoms with E-state index in [1.807, 2.05) is 47.4 Å². The van der Waals surface area contributed by atoms with Crippen molar-refractivity contribution in [3.63, 3.8) is 0 Å². The van der Waals surface area contributed by atoms with Gasteiger partial charge in [-0.05, 0) is 31.7 Å². The lowest BCUT2D eigenvalue weighted by molar-refractivity contribution is -0.138. The van der Waals surface area contributed by atoms with Crippen molar-refractivity contribution in [1.29, 1.82) is 0 Å². The standard InChI is InChI=1S/C24H27N3O2/c1-18-10-12-20(13-11-18)23-25-22(29-26-23)15-17-27(24(28)21-8-5-9-21)16-14-19-6-3-2-4-7-19/h2-4,6-7,10-13,21H,5,8-9,14-17H2,1H3. The number of hydrogen-bond donors (Lipinski definition) is 0. The van der Waals surface area contributed by atoms with Gasteiger partial charge in [-0.2, -0.15) is 4.98 Å². The molecule has 1 aliphatic carbocycles. The van der Waals surface area contributed by atoms with E-state index in [4.69, 9.17) is 4.52 Å². The molecule has 0 saturated heterocycles. The van der Waals surface area contributed by atoms with Crippen LogP contribution in [0.2, 0.25) is 0 Å². The van der Waals surface area contributed by atoms with Crippen molar-refractivity contribution in [3.05, 3.63) is 71.6 Å². The largest absolute Gasteiger partial charge is 0.342 e. The van der Waals surface area contributed by atoms with Gasteiger partial charge >= 0.3 is 0 Å². The van der Waals surface area contributed by atoms with Gasteiger partial charge in [0.05, 0.1) is 0 Å². The fourth-order valence-corrected chi connectivity index (χ4v) is 3.56.